The Bertz CT molecular complexity index is 798. The van der Waals surface area contributed by atoms with Gasteiger partial charge < -0.3 is 9.73 Å². The van der Waals surface area contributed by atoms with Crippen molar-refractivity contribution >= 4 is 11.6 Å². The highest BCUT2D eigenvalue weighted by Crippen LogP contribution is 2.40. The molecule has 2 aromatic rings. The van der Waals surface area contributed by atoms with E-state index in [1.54, 1.807) is 0 Å². The van der Waals surface area contributed by atoms with Crippen molar-refractivity contribution in [1.29, 1.82) is 0 Å². The number of hydrogen-bond acceptors (Lipinski definition) is 5. The summed E-state index contributed by atoms with van der Waals surface area (Å²) in [4.78, 5) is 14.1. The van der Waals surface area contributed by atoms with E-state index in [9.17, 15) is 13.6 Å². The molecule has 4 rings (SSSR count). The molecule has 0 spiro atoms. The van der Waals surface area contributed by atoms with Gasteiger partial charge in [0.25, 0.3) is 0 Å². The molecule has 1 aromatic heterocycles. The summed E-state index contributed by atoms with van der Waals surface area (Å²) in [5, 5.41) is 10.7. The lowest BCUT2D eigenvalue weighted by Gasteiger charge is -2.29. The minimum Gasteiger partial charge on any atom is -0.425 e. The molecule has 0 atom stereocenters. The van der Waals surface area contributed by atoms with Gasteiger partial charge >= 0.3 is 0 Å². The monoisotopic (exact) mass is 362 g/mol. The number of carbonyl (C=O) groups excluding carboxylic acids is 1. The maximum absolute atomic E-state index is 13.6. The lowest BCUT2D eigenvalue weighted by molar-refractivity contribution is -0.117. The number of amides is 1. The average Bonchev–Trinajstić information content (AvgIpc) is 3.36. The number of hydrogen-bond donors (Lipinski definition) is 1. The lowest BCUT2D eigenvalue weighted by Crippen LogP contribution is -2.38. The number of piperidine rings is 1. The topological polar surface area (TPSA) is 71.3 Å². The number of rotatable bonds is 5. The summed E-state index contributed by atoms with van der Waals surface area (Å²) in [5.41, 5.74) is -0.136. The Morgan fingerprint density at radius 2 is 1.77 bits per heavy atom. The summed E-state index contributed by atoms with van der Waals surface area (Å²) in [6.45, 7) is 1.57. The maximum Gasteiger partial charge on any atom is 0.238 e. The van der Waals surface area contributed by atoms with Gasteiger partial charge in [-0.1, -0.05) is 0 Å². The van der Waals surface area contributed by atoms with Crippen molar-refractivity contribution in [3.8, 4) is 0 Å². The predicted octanol–water partition coefficient (Wildman–Crippen LogP) is 3.04. The van der Waals surface area contributed by atoms with E-state index in [0.717, 1.165) is 49.8 Å². The first-order chi connectivity index (χ1) is 12.6. The van der Waals surface area contributed by atoms with Gasteiger partial charge in [0.1, 0.15) is 11.6 Å². The third-order valence-corrected chi connectivity index (χ3v) is 4.89. The molecule has 0 bridgehead atoms. The number of halogens is 2. The Hall–Kier alpha value is -2.35. The van der Waals surface area contributed by atoms with Crippen molar-refractivity contribution in [3.63, 3.8) is 0 Å². The molecule has 0 radical (unpaired) electrons. The van der Waals surface area contributed by atoms with Gasteiger partial charge in [0.05, 0.1) is 12.2 Å². The van der Waals surface area contributed by atoms with E-state index in [4.69, 9.17) is 4.42 Å². The Morgan fingerprint density at radius 1 is 1.12 bits per heavy atom. The van der Waals surface area contributed by atoms with Crippen LogP contribution in [0.2, 0.25) is 0 Å². The van der Waals surface area contributed by atoms with Gasteiger partial charge in [0.2, 0.25) is 17.7 Å². The second kappa shape index (κ2) is 7.11. The molecule has 1 aliphatic carbocycles. The van der Waals surface area contributed by atoms with E-state index in [-0.39, 0.29) is 24.1 Å². The standard InChI is InChI=1S/C18H20F2N4O2/c19-13-3-4-14(20)15(9-13)21-16(25)10-24-7-5-12(6-8-24)18-23-22-17(26-18)11-1-2-11/h3-4,9,11-12H,1-2,5-8,10H2,(H,21,25). The van der Waals surface area contributed by atoms with E-state index < -0.39 is 11.6 Å². The molecule has 1 saturated carbocycles. The number of anilines is 1. The van der Waals surface area contributed by atoms with Crippen molar-refractivity contribution in [2.75, 3.05) is 25.0 Å². The van der Waals surface area contributed by atoms with Gasteiger partial charge in [-0.25, -0.2) is 8.78 Å². The molecule has 26 heavy (non-hydrogen) atoms. The summed E-state index contributed by atoms with van der Waals surface area (Å²) in [5.74, 6) is 0.505. The van der Waals surface area contributed by atoms with Crippen LogP contribution in [0.5, 0.6) is 0 Å². The molecule has 2 heterocycles. The Kier molecular flexibility index (Phi) is 4.67. The van der Waals surface area contributed by atoms with Crippen LogP contribution >= 0.6 is 0 Å². The Balaban J connectivity index is 1.27. The van der Waals surface area contributed by atoms with E-state index in [0.29, 0.717) is 24.9 Å². The van der Waals surface area contributed by atoms with Crippen molar-refractivity contribution in [1.82, 2.24) is 15.1 Å². The fourth-order valence-electron chi connectivity index (χ4n) is 3.23. The molecular weight excluding hydrogens is 342 g/mol. The minimum atomic E-state index is -0.652. The number of nitrogens with one attached hydrogen (secondary N) is 1. The average molecular weight is 362 g/mol. The third kappa shape index (κ3) is 3.90. The number of likely N-dealkylation sites (tertiary alicyclic amines) is 1. The molecule has 1 aromatic carbocycles. The van der Waals surface area contributed by atoms with Crippen LogP contribution in [0.4, 0.5) is 14.5 Å². The molecule has 2 fully saturated rings. The van der Waals surface area contributed by atoms with Crippen molar-refractivity contribution in [3.05, 3.63) is 41.6 Å². The van der Waals surface area contributed by atoms with Crippen LogP contribution in [-0.2, 0) is 4.79 Å². The molecule has 1 saturated heterocycles. The Morgan fingerprint density at radius 3 is 2.42 bits per heavy atom. The summed E-state index contributed by atoms with van der Waals surface area (Å²) >= 11 is 0. The first-order valence-corrected chi connectivity index (χ1v) is 8.89. The number of benzene rings is 1. The highest BCUT2D eigenvalue weighted by molar-refractivity contribution is 5.92. The molecule has 1 aliphatic heterocycles. The first kappa shape index (κ1) is 17.1. The molecule has 0 unspecified atom stereocenters. The van der Waals surface area contributed by atoms with E-state index in [1.807, 2.05) is 4.90 Å². The Labute approximate surface area is 149 Å². The van der Waals surface area contributed by atoms with E-state index >= 15 is 0 Å². The smallest absolute Gasteiger partial charge is 0.238 e. The van der Waals surface area contributed by atoms with Gasteiger partial charge in [-0.2, -0.15) is 0 Å². The molecule has 1 amide bonds. The van der Waals surface area contributed by atoms with Crippen molar-refractivity contribution < 1.29 is 18.0 Å². The second-order valence-electron chi connectivity index (χ2n) is 6.98. The molecule has 138 valence electrons. The first-order valence-electron chi connectivity index (χ1n) is 8.89. The quantitative estimate of drug-likeness (QED) is 0.885. The van der Waals surface area contributed by atoms with Crippen LogP contribution in [0.3, 0.4) is 0 Å². The highest BCUT2D eigenvalue weighted by atomic mass is 19.1. The SMILES string of the molecule is O=C(CN1CCC(c2nnc(C3CC3)o2)CC1)Nc1cc(F)ccc1F. The third-order valence-electron chi connectivity index (χ3n) is 4.89. The molecule has 8 heteroatoms. The fraction of sp³-hybridized carbons (Fsp3) is 0.500. The second-order valence-corrected chi connectivity index (χ2v) is 6.98. The zero-order valence-electron chi connectivity index (χ0n) is 14.3. The molecule has 1 N–H and O–H groups in total. The number of carbonyl (C=O) groups is 1. The van der Waals surface area contributed by atoms with Crippen LogP contribution in [0.15, 0.2) is 22.6 Å². The number of aromatic nitrogens is 2. The summed E-state index contributed by atoms with van der Waals surface area (Å²) in [7, 11) is 0. The van der Waals surface area contributed by atoms with Crippen LogP contribution < -0.4 is 5.32 Å². The lowest BCUT2D eigenvalue weighted by atomic mass is 9.97. The van der Waals surface area contributed by atoms with Crippen molar-refractivity contribution in [2.45, 2.75) is 37.5 Å². The van der Waals surface area contributed by atoms with Crippen molar-refractivity contribution in [2.24, 2.45) is 0 Å². The van der Waals surface area contributed by atoms with Crippen LogP contribution in [-0.4, -0.2) is 40.6 Å². The summed E-state index contributed by atoms with van der Waals surface area (Å²) < 4.78 is 32.5. The maximum atomic E-state index is 13.6. The predicted molar refractivity (Wildman–Crippen MR) is 89.7 cm³/mol. The normalized spacial score (nSPS) is 18.8. The minimum absolute atomic E-state index is 0.136. The van der Waals surface area contributed by atoms with Crippen LogP contribution in [0.1, 0.15) is 49.3 Å². The van der Waals surface area contributed by atoms with E-state index in [1.165, 1.54) is 0 Å². The molecule has 2 aliphatic rings. The van der Waals surface area contributed by atoms with Gasteiger partial charge in [-0.15, -0.1) is 10.2 Å². The highest BCUT2D eigenvalue weighted by Gasteiger charge is 2.32. The van der Waals surface area contributed by atoms with Gasteiger partial charge in [-0.3, -0.25) is 9.69 Å². The largest absolute Gasteiger partial charge is 0.425 e. The van der Waals surface area contributed by atoms with Crippen LogP contribution in [0, 0.1) is 11.6 Å². The van der Waals surface area contributed by atoms with Crippen LogP contribution in [0.25, 0.3) is 0 Å². The van der Waals surface area contributed by atoms with Gasteiger partial charge in [0.15, 0.2) is 0 Å². The van der Waals surface area contributed by atoms with Gasteiger partial charge in [0, 0.05) is 17.9 Å². The number of nitrogens with zero attached hydrogens (tertiary/aromatic N) is 3. The zero-order valence-corrected chi connectivity index (χ0v) is 14.3. The van der Waals surface area contributed by atoms with E-state index in [2.05, 4.69) is 15.5 Å². The van der Waals surface area contributed by atoms with Gasteiger partial charge in [-0.05, 0) is 50.9 Å². The molecular formula is C18H20F2N4O2. The summed E-state index contributed by atoms with van der Waals surface area (Å²) in [6.07, 6.45) is 3.91. The molecule has 6 nitrogen and oxygen atoms in total. The fourth-order valence-corrected chi connectivity index (χ4v) is 3.23. The zero-order chi connectivity index (χ0) is 18.1. The summed E-state index contributed by atoms with van der Waals surface area (Å²) in [6, 6.07) is 2.99.